The van der Waals surface area contributed by atoms with Crippen molar-refractivity contribution in [2.24, 2.45) is 17.8 Å². The van der Waals surface area contributed by atoms with E-state index in [0.717, 1.165) is 6.42 Å². The van der Waals surface area contributed by atoms with Gasteiger partial charge in [-0.05, 0) is 48.8 Å². The van der Waals surface area contributed by atoms with Gasteiger partial charge in [-0.25, -0.2) is 4.79 Å². The molecular weight excluding hydrogens is 266 g/mol. The average Bonchev–Trinajstić information content (AvgIpc) is 2.40. The van der Waals surface area contributed by atoms with E-state index < -0.39 is 5.97 Å². The molecule has 0 heterocycles. The van der Waals surface area contributed by atoms with Crippen LogP contribution in [0.4, 0.5) is 5.69 Å². The molecule has 0 radical (unpaired) electrons. The molecule has 2 rings (SSSR count). The highest BCUT2D eigenvalue weighted by Crippen LogP contribution is 2.36. The van der Waals surface area contributed by atoms with E-state index in [9.17, 15) is 4.79 Å². The van der Waals surface area contributed by atoms with Gasteiger partial charge >= 0.3 is 5.97 Å². The van der Waals surface area contributed by atoms with Crippen LogP contribution in [0.1, 0.15) is 50.4 Å². The summed E-state index contributed by atoms with van der Waals surface area (Å²) in [5.41, 5.74) is 6.06. The first-order chi connectivity index (χ1) is 9.88. The molecule has 0 aliphatic heterocycles. The number of nitrogen functional groups attached to an aromatic ring is 1. The molecule has 21 heavy (non-hydrogen) atoms. The van der Waals surface area contributed by atoms with Gasteiger partial charge in [-0.1, -0.05) is 27.2 Å². The number of rotatable bonds is 4. The molecular formula is C17H25NO3. The third-order valence-corrected chi connectivity index (χ3v) is 4.50. The number of hydrogen-bond donors (Lipinski definition) is 2. The van der Waals surface area contributed by atoms with E-state index in [2.05, 4.69) is 20.8 Å². The number of hydrogen-bond acceptors (Lipinski definition) is 3. The molecule has 0 bridgehead atoms. The highest BCUT2D eigenvalue weighted by Gasteiger charge is 2.32. The van der Waals surface area contributed by atoms with Gasteiger partial charge in [0.2, 0.25) is 0 Å². The Hall–Kier alpha value is -1.71. The zero-order valence-corrected chi connectivity index (χ0v) is 13.0. The Morgan fingerprint density at radius 1 is 1.38 bits per heavy atom. The number of carboxylic acid groups (broad SMARTS) is 1. The van der Waals surface area contributed by atoms with Crippen molar-refractivity contribution in [2.75, 3.05) is 5.73 Å². The van der Waals surface area contributed by atoms with Crippen LogP contribution in [0.2, 0.25) is 0 Å². The molecule has 0 saturated heterocycles. The van der Waals surface area contributed by atoms with E-state index in [1.807, 2.05) is 0 Å². The Balaban J connectivity index is 2.18. The molecule has 0 aromatic heterocycles. The molecule has 1 aliphatic rings. The van der Waals surface area contributed by atoms with E-state index >= 15 is 0 Å². The van der Waals surface area contributed by atoms with Crippen molar-refractivity contribution < 1.29 is 14.6 Å². The van der Waals surface area contributed by atoms with Crippen molar-refractivity contribution in [3.8, 4) is 5.75 Å². The van der Waals surface area contributed by atoms with Crippen LogP contribution in [-0.4, -0.2) is 17.2 Å². The number of benzene rings is 1. The van der Waals surface area contributed by atoms with Gasteiger partial charge in [-0.3, -0.25) is 0 Å². The van der Waals surface area contributed by atoms with Crippen LogP contribution >= 0.6 is 0 Å². The molecule has 1 aromatic carbocycles. The average molecular weight is 291 g/mol. The summed E-state index contributed by atoms with van der Waals surface area (Å²) in [6.07, 6.45) is 3.59. The summed E-state index contributed by atoms with van der Waals surface area (Å²) in [6, 6.07) is 4.90. The fourth-order valence-corrected chi connectivity index (χ4v) is 3.22. The fraction of sp³-hybridized carbons (Fsp3) is 0.588. The molecule has 1 fully saturated rings. The number of nitrogens with two attached hydrogens (primary N) is 1. The monoisotopic (exact) mass is 291 g/mol. The standard InChI is InChI=1S/C17H25NO3/c1-10(2)13-6-4-11(3)8-16(13)21-12-5-7-15(18)14(9-12)17(19)20/h5,7,9-11,13,16H,4,6,8,18H2,1-3H3,(H,19,20). The van der Waals surface area contributed by atoms with Crippen LogP contribution in [0, 0.1) is 17.8 Å². The highest BCUT2D eigenvalue weighted by molar-refractivity contribution is 5.94. The molecule has 1 saturated carbocycles. The van der Waals surface area contributed by atoms with Crippen LogP contribution in [0.3, 0.4) is 0 Å². The van der Waals surface area contributed by atoms with Gasteiger partial charge in [0.15, 0.2) is 0 Å². The Morgan fingerprint density at radius 3 is 2.71 bits per heavy atom. The van der Waals surface area contributed by atoms with Crippen LogP contribution in [-0.2, 0) is 0 Å². The number of carboxylic acids is 1. The summed E-state index contributed by atoms with van der Waals surface area (Å²) in [7, 11) is 0. The Kier molecular flexibility index (Phi) is 4.76. The lowest BCUT2D eigenvalue weighted by atomic mass is 9.75. The zero-order valence-electron chi connectivity index (χ0n) is 13.0. The largest absolute Gasteiger partial charge is 0.490 e. The zero-order chi connectivity index (χ0) is 15.6. The van der Waals surface area contributed by atoms with Gasteiger partial charge in [0.25, 0.3) is 0 Å². The van der Waals surface area contributed by atoms with Crippen LogP contribution < -0.4 is 10.5 Å². The van der Waals surface area contributed by atoms with Crippen molar-refractivity contribution in [1.82, 2.24) is 0 Å². The van der Waals surface area contributed by atoms with Gasteiger partial charge < -0.3 is 15.6 Å². The maximum absolute atomic E-state index is 11.2. The molecule has 3 atom stereocenters. The molecule has 1 aliphatic carbocycles. The molecule has 4 nitrogen and oxygen atoms in total. The van der Waals surface area contributed by atoms with Crippen molar-refractivity contribution in [2.45, 2.75) is 46.1 Å². The topological polar surface area (TPSA) is 72.5 Å². The predicted molar refractivity (Wildman–Crippen MR) is 83.6 cm³/mol. The van der Waals surface area contributed by atoms with E-state index in [1.54, 1.807) is 12.1 Å². The lowest BCUT2D eigenvalue weighted by molar-refractivity contribution is 0.0457. The lowest BCUT2D eigenvalue weighted by Gasteiger charge is -2.37. The Bertz CT molecular complexity index is 513. The van der Waals surface area contributed by atoms with Gasteiger partial charge in [0.05, 0.1) is 5.56 Å². The van der Waals surface area contributed by atoms with Gasteiger partial charge in [0.1, 0.15) is 11.9 Å². The SMILES string of the molecule is CC1CCC(C(C)C)C(Oc2ccc(N)c(C(=O)O)c2)C1. The van der Waals surface area contributed by atoms with E-state index in [-0.39, 0.29) is 17.4 Å². The maximum Gasteiger partial charge on any atom is 0.337 e. The fourth-order valence-electron chi connectivity index (χ4n) is 3.22. The van der Waals surface area contributed by atoms with Crippen molar-refractivity contribution >= 4 is 11.7 Å². The van der Waals surface area contributed by atoms with Crippen LogP contribution in [0.15, 0.2) is 18.2 Å². The summed E-state index contributed by atoms with van der Waals surface area (Å²) < 4.78 is 6.13. The lowest BCUT2D eigenvalue weighted by Crippen LogP contribution is -2.36. The summed E-state index contributed by atoms with van der Waals surface area (Å²) in [6.45, 7) is 6.70. The van der Waals surface area contributed by atoms with Gasteiger partial charge in [-0.2, -0.15) is 0 Å². The minimum absolute atomic E-state index is 0.109. The summed E-state index contributed by atoms with van der Waals surface area (Å²) >= 11 is 0. The number of carbonyl (C=O) groups is 1. The number of ether oxygens (including phenoxy) is 1. The minimum atomic E-state index is -1.02. The first-order valence-corrected chi connectivity index (χ1v) is 7.68. The van der Waals surface area contributed by atoms with Crippen molar-refractivity contribution in [3.05, 3.63) is 23.8 Å². The molecule has 0 spiro atoms. The second-order valence-electron chi connectivity index (χ2n) is 6.54. The van der Waals surface area contributed by atoms with Gasteiger partial charge in [-0.15, -0.1) is 0 Å². The molecule has 4 heteroatoms. The molecule has 1 aromatic rings. The van der Waals surface area contributed by atoms with Crippen molar-refractivity contribution in [3.63, 3.8) is 0 Å². The summed E-state index contributed by atoms with van der Waals surface area (Å²) in [5, 5.41) is 9.14. The van der Waals surface area contributed by atoms with E-state index in [4.69, 9.17) is 15.6 Å². The van der Waals surface area contributed by atoms with Crippen LogP contribution in [0.25, 0.3) is 0 Å². The second kappa shape index (κ2) is 6.37. The first kappa shape index (κ1) is 15.7. The first-order valence-electron chi connectivity index (χ1n) is 7.68. The van der Waals surface area contributed by atoms with Crippen LogP contribution in [0.5, 0.6) is 5.75 Å². The normalized spacial score (nSPS) is 25.8. The second-order valence-corrected chi connectivity index (χ2v) is 6.54. The molecule has 116 valence electrons. The minimum Gasteiger partial charge on any atom is -0.490 e. The molecule has 3 unspecified atom stereocenters. The Morgan fingerprint density at radius 2 is 2.10 bits per heavy atom. The summed E-state index contributed by atoms with van der Waals surface area (Å²) in [5.74, 6) is 1.32. The predicted octanol–water partition coefficient (Wildman–Crippen LogP) is 3.81. The highest BCUT2D eigenvalue weighted by atomic mass is 16.5. The molecule has 0 amide bonds. The van der Waals surface area contributed by atoms with Gasteiger partial charge in [0, 0.05) is 5.69 Å². The number of aromatic carboxylic acids is 1. The Labute approximate surface area is 126 Å². The summed E-state index contributed by atoms with van der Waals surface area (Å²) in [4.78, 5) is 11.2. The van der Waals surface area contributed by atoms with E-state index in [0.29, 0.717) is 23.5 Å². The number of anilines is 1. The van der Waals surface area contributed by atoms with Crippen molar-refractivity contribution in [1.29, 1.82) is 0 Å². The third kappa shape index (κ3) is 3.69. The van der Waals surface area contributed by atoms with E-state index in [1.165, 1.54) is 18.9 Å². The smallest absolute Gasteiger partial charge is 0.337 e. The third-order valence-electron chi connectivity index (χ3n) is 4.50. The quantitative estimate of drug-likeness (QED) is 0.827. The maximum atomic E-state index is 11.2. The molecule has 3 N–H and O–H groups in total.